The number of hydrogen-bond donors (Lipinski definition) is 2. The average Bonchev–Trinajstić information content (AvgIpc) is 2.90. The number of nitrogens with zero attached hydrogens (tertiary/aromatic N) is 1. The van der Waals surface area contributed by atoms with Crippen LogP contribution in [0.1, 0.15) is 42.4 Å². The van der Waals surface area contributed by atoms with Crippen LogP contribution in [0.25, 0.3) is 0 Å². The fraction of sp³-hybridized carbons (Fsp3) is 0.444. The molecule has 0 spiro atoms. The molecule has 2 aromatic rings. The summed E-state index contributed by atoms with van der Waals surface area (Å²) < 4.78 is 10.8. The number of rotatable bonds is 5. The van der Waals surface area contributed by atoms with Crippen LogP contribution in [0.2, 0.25) is 0 Å². The maximum atomic E-state index is 12.8. The molecule has 3 aliphatic heterocycles. The summed E-state index contributed by atoms with van der Waals surface area (Å²) in [7, 11) is 1.63. The number of benzene rings is 2. The molecular weight excluding hydrogens is 446 g/mol. The van der Waals surface area contributed by atoms with Crippen LogP contribution in [0.3, 0.4) is 0 Å². The molecule has 35 heavy (non-hydrogen) atoms. The molecule has 184 valence electrons. The molecular formula is C27H31N3O5. The quantitative estimate of drug-likeness (QED) is 0.646. The number of carbonyl (C=O) groups is 3. The van der Waals surface area contributed by atoms with Gasteiger partial charge in [0.1, 0.15) is 5.75 Å². The van der Waals surface area contributed by atoms with Gasteiger partial charge in [-0.2, -0.15) is 0 Å². The van der Waals surface area contributed by atoms with Gasteiger partial charge in [0.2, 0.25) is 5.91 Å². The van der Waals surface area contributed by atoms with Crippen molar-refractivity contribution in [3.63, 3.8) is 0 Å². The minimum absolute atomic E-state index is 0.161. The minimum Gasteiger partial charge on any atom is -0.497 e. The third-order valence-electron chi connectivity index (χ3n) is 7.48. The van der Waals surface area contributed by atoms with Crippen LogP contribution in [0.15, 0.2) is 36.4 Å². The molecule has 0 aliphatic carbocycles. The first kappa shape index (κ1) is 23.4. The van der Waals surface area contributed by atoms with Crippen molar-refractivity contribution in [1.82, 2.24) is 5.32 Å². The van der Waals surface area contributed by atoms with Crippen molar-refractivity contribution in [1.29, 1.82) is 0 Å². The highest BCUT2D eigenvalue weighted by molar-refractivity contribution is 6.39. The van der Waals surface area contributed by atoms with Crippen LogP contribution >= 0.6 is 0 Å². The van der Waals surface area contributed by atoms with Gasteiger partial charge in [-0.1, -0.05) is 12.1 Å². The Hall–Kier alpha value is -3.39. The number of anilines is 2. The Morgan fingerprint density at radius 1 is 1.03 bits per heavy atom. The molecule has 2 N–H and O–H groups in total. The topological polar surface area (TPSA) is 97.0 Å². The van der Waals surface area contributed by atoms with E-state index in [1.165, 1.54) is 0 Å². The van der Waals surface area contributed by atoms with Crippen molar-refractivity contribution >= 4 is 29.1 Å². The van der Waals surface area contributed by atoms with Gasteiger partial charge in [-0.25, -0.2) is 0 Å². The highest BCUT2D eigenvalue weighted by Gasteiger charge is 2.36. The lowest BCUT2D eigenvalue weighted by Gasteiger charge is -2.38. The Morgan fingerprint density at radius 3 is 2.46 bits per heavy atom. The summed E-state index contributed by atoms with van der Waals surface area (Å²) in [6.45, 7) is 2.30. The second kappa shape index (κ2) is 9.70. The Balaban J connectivity index is 1.28. The maximum Gasteiger partial charge on any atom is 0.313 e. The number of ether oxygens (including phenoxy) is 2. The summed E-state index contributed by atoms with van der Waals surface area (Å²) >= 11 is 0. The van der Waals surface area contributed by atoms with E-state index < -0.39 is 11.8 Å². The van der Waals surface area contributed by atoms with Crippen LogP contribution in [-0.2, 0) is 37.4 Å². The number of aryl methyl sites for hydroxylation is 2. The van der Waals surface area contributed by atoms with Gasteiger partial charge in [-0.15, -0.1) is 0 Å². The normalized spacial score (nSPS) is 18.4. The van der Waals surface area contributed by atoms with E-state index in [1.54, 1.807) is 7.11 Å². The molecule has 0 bridgehead atoms. The zero-order chi connectivity index (χ0) is 24.4. The molecule has 1 saturated heterocycles. The van der Waals surface area contributed by atoms with E-state index in [-0.39, 0.29) is 11.3 Å². The van der Waals surface area contributed by atoms with Crippen molar-refractivity contribution in [2.45, 2.75) is 43.9 Å². The van der Waals surface area contributed by atoms with E-state index >= 15 is 0 Å². The van der Waals surface area contributed by atoms with Gasteiger partial charge in [0.15, 0.2) is 0 Å². The molecule has 3 amide bonds. The summed E-state index contributed by atoms with van der Waals surface area (Å²) in [5.41, 5.74) is 4.50. The molecule has 8 heteroatoms. The Morgan fingerprint density at radius 2 is 1.74 bits per heavy atom. The van der Waals surface area contributed by atoms with Crippen LogP contribution in [0.5, 0.6) is 5.75 Å². The first-order chi connectivity index (χ1) is 17.0. The van der Waals surface area contributed by atoms with E-state index in [2.05, 4.69) is 10.6 Å². The predicted octanol–water partition coefficient (Wildman–Crippen LogP) is 2.72. The first-order valence-electron chi connectivity index (χ1n) is 12.3. The van der Waals surface area contributed by atoms with E-state index in [1.807, 2.05) is 41.3 Å². The zero-order valence-corrected chi connectivity index (χ0v) is 20.0. The summed E-state index contributed by atoms with van der Waals surface area (Å²) in [5, 5.41) is 5.64. The third-order valence-corrected chi connectivity index (χ3v) is 7.48. The summed E-state index contributed by atoms with van der Waals surface area (Å²) in [4.78, 5) is 39.7. The van der Waals surface area contributed by atoms with Crippen LogP contribution < -0.4 is 20.3 Å². The van der Waals surface area contributed by atoms with Gasteiger partial charge < -0.3 is 25.0 Å². The molecule has 0 saturated carbocycles. The molecule has 0 aromatic heterocycles. The van der Waals surface area contributed by atoms with E-state index in [0.717, 1.165) is 60.4 Å². The van der Waals surface area contributed by atoms with Crippen LogP contribution in [-0.4, -0.2) is 51.1 Å². The molecule has 2 aromatic carbocycles. The van der Waals surface area contributed by atoms with E-state index in [4.69, 9.17) is 9.47 Å². The van der Waals surface area contributed by atoms with Gasteiger partial charge in [-0.05, 0) is 73.1 Å². The second-order valence-electron chi connectivity index (χ2n) is 9.55. The van der Waals surface area contributed by atoms with Crippen molar-refractivity contribution in [3.05, 3.63) is 53.1 Å². The monoisotopic (exact) mass is 477 g/mol. The van der Waals surface area contributed by atoms with Crippen molar-refractivity contribution in [2.24, 2.45) is 0 Å². The van der Waals surface area contributed by atoms with Crippen molar-refractivity contribution in [3.8, 4) is 5.75 Å². The van der Waals surface area contributed by atoms with Crippen LogP contribution in [0.4, 0.5) is 11.4 Å². The number of carbonyl (C=O) groups excluding carboxylic acids is 3. The van der Waals surface area contributed by atoms with Gasteiger partial charge in [0, 0.05) is 43.8 Å². The number of hydrogen-bond acceptors (Lipinski definition) is 5. The Bertz CT molecular complexity index is 1120. The van der Waals surface area contributed by atoms with E-state index in [0.29, 0.717) is 38.3 Å². The van der Waals surface area contributed by atoms with Gasteiger partial charge in [0.05, 0.1) is 12.8 Å². The largest absolute Gasteiger partial charge is 0.497 e. The molecule has 8 nitrogen and oxygen atoms in total. The number of amides is 3. The third kappa shape index (κ3) is 4.62. The van der Waals surface area contributed by atoms with Gasteiger partial charge in [0.25, 0.3) is 0 Å². The molecule has 1 fully saturated rings. The Kier molecular flexibility index (Phi) is 6.47. The lowest BCUT2D eigenvalue weighted by molar-refractivity contribution is -0.136. The maximum absolute atomic E-state index is 12.8. The zero-order valence-electron chi connectivity index (χ0n) is 20.0. The molecule has 0 unspecified atom stereocenters. The standard InChI is InChI=1S/C27H31N3O5/c1-34-22-7-5-20(6-8-22)27(10-13-35-14-11-27)17-28-25(32)26(33)29-21-15-18-3-2-12-30-23(31)9-4-19(16-21)24(18)30/h5-8,15-16H,2-4,9-14,17H2,1H3,(H,28,32)(H,29,33). The second-order valence-corrected chi connectivity index (χ2v) is 9.55. The lowest BCUT2D eigenvalue weighted by Crippen LogP contribution is -2.47. The highest BCUT2D eigenvalue weighted by Crippen LogP contribution is 2.38. The summed E-state index contributed by atoms with van der Waals surface area (Å²) in [6.07, 6.45) is 4.39. The Labute approximate surface area is 205 Å². The summed E-state index contributed by atoms with van der Waals surface area (Å²) in [6, 6.07) is 11.7. The fourth-order valence-corrected chi connectivity index (χ4v) is 5.52. The van der Waals surface area contributed by atoms with Gasteiger partial charge >= 0.3 is 11.8 Å². The smallest absolute Gasteiger partial charge is 0.313 e. The number of methoxy groups -OCH3 is 1. The first-order valence-corrected chi connectivity index (χ1v) is 12.3. The molecule has 3 heterocycles. The molecule has 0 radical (unpaired) electrons. The van der Waals surface area contributed by atoms with Crippen molar-refractivity contribution in [2.75, 3.05) is 43.6 Å². The molecule has 3 aliphatic rings. The number of nitrogens with one attached hydrogen (secondary N) is 2. The minimum atomic E-state index is -0.686. The predicted molar refractivity (Wildman–Crippen MR) is 132 cm³/mol. The molecule has 5 rings (SSSR count). The lowest BCUT2D eigenvalue weighted by atomic mass is 9.74. The van der Waals surface area contributed by atoms with Gasteiger partial charge in [-0.3, -0.25) is 14.4 Å². The SMILES string of the molecule is COc1ccc(C2(CNC(=O)C(=O)Nc3cc4c5c(c3)CCC(=O)N5CCC4)CCOCC2)cc1. The molecule has 0 atom stereocenters. The van der Waals surface area contributed by atoms with Crippen molar-refractivity contribution < 1.29 is 23.9 Å². The van der Waals surface area contributed by atoms with E-state index in [9.17, 15) is 14.4 Å². The van der Waals surface area contributed by atoms with Crippen LogP contribution in [0, 0.1) is 0 Å². The summed E-state index contributed by atoms with van der Waals surface area (Å²) in [5.74, 6) is -0.411. The highest BCUT2D eigenvalue weighted by atomic mass is 16.5. The average molecular weight is 478 g/mol. The fourth-order valence-electron chi connectivity index (χ4n) is 5.52.